The molecule has 1 aliphatic carbocycles. The largest absolute Gasteiger partial charge is 0.368 e. The molecule has 1 aromatic carbocycles. The fraction of sp³-hybridized carbons (Fsp3) is 0.529. The maximum absolute atomic E-state index is 5.56. The number of aryl methyl sites for hydroxylation is 2. The minimum atomic E-state index is 0.329. The van der Waals surface area contributed by atoms with Crippen LogP contribution in [0, 0.1) is 0 Å². The summed E-state index contributed by atoms with van der Waals surface area (Å²) in [5.74, 6) is 0.849. The molecule has 1 aromatic heterocycles. The lowest BCUT2D eigenvalue weighted by Crippen LogP contribution is -2.32. The standard InChI is InChI=1S/C17H24N6/c18-16-20-17(22-21-16)19-14-6-3-12-4-7-15(8-5-13(12)11-14)23-9-1-2-10-23/h3,6,11,15H,1-2,4-5,7-10H2,(H4,18,19,20,21,22). The number of anilines is 3. The average molecular weight is 312 g/mol. The Balaban J connectivity index is 1.47. The molecule has 2 aliphatic rings. The maximum Gasteiger partial charge on any atom is 0.248 e. The summed E-state index contributed by atoms with van der Waals surface area (Å²) in [5, 5.41) is 9.89. The molecule has 2 heterocycles. The topological polar surface area (TPSA) is 82.9 Å². The summed E-state index contributed by atoms with van der Waals surface area (Å²) in [7, 11) is 0. The van der Waals surface area contributed by atoms with Crippen LogP contribution < -0.4 is 11.1 Å². The number of aromatic amines is 1. The first-order valence-electron chi connectivity index (χ1n) is 8.59. The molecule has 6 nitrogen and oxygen atoms in total. The fourth-order valence-electron chi connectivity index (χ4n) is 3.90. The van der Waals surface area contributed by atoms with Crippen LogP contribution in [0.1, 0.15) is 36.8 Å². The first kappa shape index (κ1) is 14.5. The number of nitrogen functional groups attached to an aromatic ring is 1. The molecule has 4 N–H and O–H groups in total. The van der Waals surface area contributed by atoms with Gasteiger partial charge in [-0.3, -0.25) is 0 Å². The van der Waals surface area contributed by atoms with Gasteiger partial charge in [0, 0.05) is 11.7 Å². The lowest BCUT2D eigenvalue weighted by atomic mass is 10.0. The molecule has 6 heteroatoms. The third-order valence-electron chi connectivity index (χ3n) is 5.12. The Morgan fingerprint density at radius 1 is 1.13 bits per heavy atom. The van der Waals surface area contributed by atoms with E-state index in [1.807, 2.05) is 0 Å². The molecule has 1 unspecified atom stereocenters. The number of nitrogens with two attached hydrogens (primary N) is 1. The molecule has 1 aliphatic heterocycles. The van der Waals surface area contributed by atoms with E-state index in [2.05, 4.69) is 43.6 Å². The summed E-state index contributed by atoms with van der Waals surface area (Å²) < 4.78 is 0. The van der Waals surface area contributed by atoms with E-state index in [1.54, 1.807) is 0 Å². The summed E-state index contributed by atoms with van der Waals surface area (Å²) in [5.41, 5.74) is 9.55. The molecule has 0 spiro atoms. The molecule has 1 atom stereocenters. The van der Waals surface area contributed by atoms with Crippen LogP contribution in [-0.4, -0.2) is 39.2 Å². The molecule has 0 bridgehead atoms. The normalized spacial score (nSPS) is 21.8. The van der Waals surface area contributed by atoms with E-state index in [4.69, 9.17) is 5.73 Å². The van der Waals surface area contributed by atoms with E-state index in [-0.39, 0.29) is 0 Å². The zero-order valence-electron chi connectivity index (χ0n) is 13.4. The quantitative estimate of drug-likeness (QED) is 0.758. The van der Waals surface area contributed by atoms with Crippen molar-refractivity contribution in [3.8, 4) is 0 Å². The number of aromatic nitrogens is 3. The van der Waals surface area contributed by atoms with Crippen molar-refractivity contribution in [2.24, 2.45) is 0 Å². The Labute approximate surface area is 136 Å². The van der Waals surface area contributed by atoms with Gasteiger partial charge in [0.15, 0.2) is 0 Å². The van der Waals surface area contributed by atoms with E-state index in [0.717, 1.165) is 18.2 Å². The van der Waals surface area contributed by atoms with Gasteiger partial charge in [0.25, 0.3) is 0 Å². The van der Waals surface area contributed by atoms with E-state index in [1.165, 1.54) is 56.3 Å². The van der Waals surface area contributed by atoms with Crippen molar-refractivity contribution < 1.29 is 0 Å². The summed E-state index contributed by atoms with van der Waals surface area (Å²) in [6, 6.07) is 7.37. The van der Waals surface area contributed by atoms with Crippen molar-refractivity contribution in [3.63, 3.8) is 0 Å². The Bertz CT molecular complexity index is 673. The van der Waals surface area contributed by atoms with Gasteiger partial charge in [-0.05, 0) is 74.9 Å². The molecule has 122 valence electrons. The van der Waals surface area contributed by atoms with Crippen LogP contribution in [0.5, 0.6) is 0 Å². The van der Waals surface area contributed by atoms with Crippen LogP contribution in [0.3, 0.4) is 0 Å². The molecule has 2 aromatic rings. The average Bonchev–Trinajstić information content (AvgIpc) is 3.16. The van der Waals surface area contributed by atoms with Crippen molar-refractivity contribution in [1.29, 1.82) is 0 Å². The molecule has 23 heavy (non-hydrogen) atoms. The Morgan fingerprint density at radius 2 is 1.91 bits per heavy atom. The monoisotopic (exact) mass is 312 g/mol. The molecule has 1 saturated heterocycles. The molecular formula is C17H24N6. The fourth-order valence-corrected chi connectivity index (χ4v) is 3.90. The van der Waals surface area contributed by atoms with Crippen molar-refractivity contribution >= 4 is 17.6 Å². The van der Waals surface area contributed by atoms with Crippen LogP contribution in [0.4, 0.5) is 17.6 Å². The predicted octanol–water partition coefficient (Wildman–Crippen LogP) is 2.47. The summed E-state index contributed by atoms with van der Waals surface area (Å²) in [6.45, 7) is 2.58. The van der Waals surface area contributed by atoms with Gasteiger partial charge < -0.3 is 16.0 Å². The van der Waals surface area contributed by atoms with E-state index < -0.39 is 0 Å². The molecule has 0 amide bonds. The maximum atomic E-state index is 5.56. The second-order valence-electron chi connectivity index (χ2n) is 6.63. The smallest absolute Gasteiger partial charge is 0.248 e. The summed E-state index contributed by atoms with van der Waals surface area (Å²) >= 11 is 0. The number of nitrogens with one attached hydrogen (secondary N) is 2. The van der Waals surface area contributed by atoms with Crippen molar-refractivity contribution in [2.75, 3.05) is 24.1 Å². The van der Waals surface area contributed by atoms with Gasteiger partial charge >= 0.3 is 0 Å². The van der Waals surface area contributed by atoms with Gasteiger partial charge in [-0.15, -0.1) is 5.10 Å². The minimum absolute atomic E-state index is 0.329. The lowest BCUT2D eigenvalue weighted by Gasteiger charge is -2.25. The molecular weight excluding hydrogens is 288 g/mol. The van der Waals surface area contributed by atoms with E-state index in [9.17, 15) is 0 Å². The molecule has 4 rings (SSSR count). The number of fused-ring (bicyclic) bond motifs is 1. The van der Waals surface area contributed by atoms with Crippen LogP contribution in [0.2, 0.25) is 0 Å². The number of hydrogen-bond donors (Lipinski definition) is 3. The highest BCUT2D eigenvalue weighted by Crippen LogP contribution is 2.28. The lowest BCUT2D eigenvalue weighted by molar-refractivity contribution is 0.222. The predicted molar refractivity (Wildman–Crippen MR) is 91.8 cm³/mol. The summed E-state index contributed by atoms with van der Waals surface area (Å²) in [4.78, 5) is 6.79. The van der Waals surface area contributed by atoms with Gasteiger partial charge in [0.2, 0.25) is 11.9 Å². The number of benzene rings is 1. The Morgan fingerprint density at radius 3 is 2.65 bits per heavy atom. The van der Waals surface area contributed by atoms with Crippen molar-refractivity contribution in [2.45, 2.75) is 44.6 Å². The van der Waals surface area contributed by atoms with Crippen LogP contribution in [0.25, 0.3) is 0 Å². The van der Waals surface area contributed by atoms with E-state index in [0.29, 0.717) is 11.9 Å². The molecule has 0 saturated carbocycles. The Kier molecular flexibility index (Phi) is 3.91. The Hall–Kier alpha value is -2.08. The van der Waals surface area contributed by atoms with Crippen molar-refractivity contribution in [1.82, 2.24) is 20.1 Å². The van der Waals surface area contributed by atoms with Gasteiger partial charge in [-0.1, -0.05) is 6.07 Å². The molecule has 1 fully saturated rings. The number of H-pyrrole nitrogens is 1. The zero-order valence-corrected chi connectivity index (χ0v) is 13.4. The second kappa shape index (κ2) is 6.20. The number of rotatable bonds is 3. The first-order valence-corrected chi connectivity index (χ1v) is 8.59. The van der Waals surface area contributed by atoms with Crippen LogP contribution >= 0.6 is 0 Å². The van der Waals surface area contributed by atoms with Crippen molar-refractivity contribution in [3.05, 3.63) is 29.3 Å². The second-order valence-corrected chi connectivity index (χ2v) is 6.63. The third-order valence-corrected chi connectivity index (χ3v) is 5.12. The van der Waals surface area contributed by atoms with Crippen LogP contribution in [-0.2, 0) is 12.8 Å². The van der Waals surface area contributed by atoms with Crippen LogP contribution in [0.15, 0.2) is 18.2 Å². The SMILES string of the molecule is Nc1nc(Nc2ccc3c(c2)CCC(N2CCCC2)CC3)n[nH]1. The highest BCUT2D eigenvalue weighted by atomic mass is 15.3. The zero-order chi connectivity index (χ0) is 15.6. The number of likely N-dealkylation sites (tertiary alicyclic amines) is 1. The highest BCUT2D eigenvalue weighted by molar-refractivity contribution is 5.56. The van der Waals surface area contributed by atoms with Gasteiger partial charge in [-0.25, -0.2) is 5.10 Å². The highest BCUT2D eigenvalue weighted by Gasteiger charge is 2.24. The summed E-state index contributed by atoms with van der Waals surface area (Å²) in [6.07, 6.45) is 7.64. The third kappa shape index (κ3) is 3.17. The van der Waals surface area contributed by atoms with Gasteiger partial charge in [0.1, 0.15) is 0 Å². The molecule has 0 radical (unpaired) electrons. The first-order chi connectivity index (χ1) is 11.3. The van der Waals surface area contributed by atoms with Gasteiger partial charge in [-0.2, -0.15) is 4.98 Å². The van der Waals surface area contributed by atoms with Gasteiger partial charge in [0.05, 0.1) is 0 Å². The van der Waals surface area contributed by atoms with E-state index >= 15 is 0 Å². The minimum Gasteiger partial charge on any atom is -0.368 e. The number of nitrogens with zero attached hydrogens (tertiary/aromatic N) is 3. The number of hydrogen-bond acceptors (Lipinski definition) is 5.